The second-order valence-electron chi connectivity index (χ2n) is 7.18. The molecule has 148 valence electrons. The molecule has 1 aliphatic heterocycles. The number of ether oxygens (including phenoxy) is 1. The van der Waals surface area contributed by atoms with Crippen LogP contribution >= 0.6 is 0 Å². The van der Waals surface area contributed by atoms with Gasteiger partial charge < -0.3 is 25.2 Å². The lowest BCUT2D eigenvalue weighted by atomic mass is 10.2. The van der Waals surface area contributed by atoms with Crippen LogP contribution in [0.2, 0.25) is 0 Å². The highest BCUT2D eigenvalue weighted by Crippen LogP contribution is 2.28. The number of carbonyl (C=O) groups excluding carboxylic acids is 2. The molecule has 7 heteroatoms. The van der Waals surface area contributed by atoms with Crippen molar-refractivity contribution < 1.29 is 14.3 Å². The molecule has 1 aromatic rings. The summed E-state index contributed by atoms with van der Waals surface area (Å²) in [6.45, 7) is 3.20. The SMILES string of the molecule is COc1ccccc1N1CCN(C(=O)NCCC(=O)NC2CCCC2)CC1. The van der Waals surface area contributed by atoms with Crippen LogP contribution in [0, 0.1) is 0 Å². The Kier molecular flexibility index (Phi) is 6.79. The van der Waals surface area contributed by atoms with Gasteiger partial charge in [-0.05, 0) is 25.0 Å². The maximum atomic E-state index is 12.3. The molecule has 0 aromatic heterocycles. The molecular weight excluding hydrogens is 344 g/mol. The lowest BCUT2D eigenvalue weighted by molar-refractivity contribution is -0.121. The molecule has 0 unspecified atom stereocenters. The molecule has 1 heterocycles. The number of para-hydroxylation sites is 2. The Bertz CT molecular complexity index is 638. The van der Waals surface area contributed by atoms with Crippen molar-refractivity contribution in [2.24, 2.45) is 0 Å². The standard InChI is InChI=1S/C20H30N4O3/c1-27-18-9-5-4-8-17(18)23-12-14-24(15-13-23)20(26)21-11-10-19(25)22-16-6-2-3-7-16/h4-5,8-9,16H,2-3,6-7,10-15H2,1H3,(H,21,26)(H,22,25). The maximum Gasteiger partial charge on any atom is 0.317 e. The van der Waals surface area contributed by atoms with Gasteiger partial charge in [-0.15, -0.1) is 0 Å². The quantitative estimate of drug-likeness (QED) is 0.799. The van der Waals surface area contributed by atoms with E-state index in [1.54, 1.807) is 12.0 Å². The van der Waals surface area contributed by atoms with Crippen molar-refractivity contribution in [3.05, 3.63) is 24.3 Å². The molecule has 27 heavy (non-hydrogen) atoms. The zero-order chi connectivity index (χ0) is 19.1. The number of rotatable bonds is 6. The van der Waals surface area contributed by atoms with Gasteiger partial charge in [0.2, 0.25) is 5.91 Å². The molecule has 7 nitrogen and oxygen atoms in total. The van der Waals surface area contributed by atoms with Crippen molar-refractivity contribution in [1.82, 2.24) is 15.5 Å². The molecule has 2 N–H and O–H groups in total. The molecule has 1 aromatic carbocycles. The van der Waals surface area contributed by atoms with Crippen LogP contribution in [0.5, 0.6) is 5.75 Å². The largest absolute Gasteiger partial charge is 0.495 e. The predicted octanol–water partition coefficient (Wildman–Crippen LogP) is 1.98. The van der Waals surface area contributed by atoms with Gasteiger partial charge in [0.05, 0.1) is 12.8 Å². The summed E-state index contributed by atoms with van der Waals surface area (Å²) in [4.78, 5) is 28.3. The third-order valence-electron chi connectivity index (χ3n) is 5.34. The number of amides is 3. The van der Waals surface area contributed by atoms with Gasteiger partial charge in [0.1, 0.15) is 5.75 Å². The first-order chi connectivity index (χ1) is 13.2. The van der Waals surface area contributed by atoms with Crippen LogP contribution in [-0.2, 0) is 4.79 Å². The van der Waals surface area contributed by atoms with Gasteiger partial charge in [0.15, 0.2) is 0 Å². The van der Waals surface area contributed by atoms with Gasteiger partial charge in [-0.3, -0.25) is 4.79 Å². The maximum absolute atomic E-state index is 12.3. The third kappa shape index (κ3) is 5.28. The Morgan fingerprint density at radius 2 is 1.81 bits per heavy atom. The number of carbonyl (C=O) groups is 2. The summed E-state index contributed by atoms with van der Waals surface area (Å²) >= 11 is 0. The first-order valence-electron chi connectivity index (χ1n) is 9.87. The van der Waals surface area contributed by atoms with E-state index in [4.69, 9.17) is 4.74 Å². The topological polar surface area (TPSA) is 73.9 Å². The molecule has 0 atom stereocenters. The number of nitrogens with zero attached hydrogens (tertiary/aromatic N) is 2. The zero-order valence-corrected chi connectivity index (χ0v) is 16.1. The average Bonchev–Trinajstić information content (AvgIpc) is 3.21. The fourth-order valence-corrected chi connectivity index (χ4v) is 3.81. The minimum atomic E-state index is -0.0941. The van der Waals surface area contributed by atoms with Gasteiger partial charge in [-0.25, -0.2) is 4.79 Å². The van der Waals surface area contributed by atoms with Crippen molar-refractivity contribution in [2.75, 3.05) is 44.7 Å². The minimum Gasteiger partial charge on any atom is -0.495 e. The minimum absolute atomic E-state index is 0.0307. The Hall–Kier alpha value is -2.44. The summed E-state index contributed by atoms with van der Waals surface area (Å²) < 4.78 is 5.42. The highest BCUT2D eigenvalue weighted by atomic mass is 16.5. The number of nitrogens with one attached hydrogen (secondary N) is 2. The van der Waals surface area contributed by atoms with E-state index < -0.39 is 0 Å². The number of urea groups is 1. The normalized spacial score (nSPS) is 17.7. The van der Waals surface area contributed by atoms with Crippen molar-refractivity contribution in [1.29, 1.82) is 0 Å². The number of benzene rings is 1. The summed E-state index contributed by atoms with van der Waals surface area (Å²) in [5.41, 5.74) is 1.06. The van der Waals surface area contributed by atoms with Crippen LogP contribution < -0.4 is 20.3 Å². The zero-order valence-electron chi connectivity index (χ0n) is 16.1. The molecule has 1 saturated heterocycles. The van der Waals surface area contributed by atoms with Crippen LogP contribution in [0.1, 0.15) is 32.1 Å². The third-order valence-corrected chi connectivity index (χ3v) is 5.34. The molecule has 0 spiro atoms. The van der Waals surface area contributed by atoms with Crippen molar-refractivity contribution in [3.8, 4) is 5.75 Å². The summed E-state index contributed by atoms with van der Waals surface area (Å²) in [5, 5.41) is 5.91. The molecule has 2 aliphatic rings. The number of piperazine rings is 1. The number of hydrogen-bond donors (Lipinski definition) is 2. The number of methoxy groups -OCH3 is 1. The lowest BCUT2D eigenvalue weighted by Crippen LogP contribution is -2.52. The van der Waals surface area contributed by atoms with Crippen LogP contribution in [0.4, 0.5) is 10.5 Å². The first-order valence-corrected chi connectivity index (χ1v) is 9.87. The summed E-state index contributed by atoms with van der Waals surface area (Å²) in [7, 11) is 1.67. The van der Waals surface area contributed by atoms with E-state index in [0.717, 1.165) is 37.4 Å². The highest BCUT2D eigenvalue weighted by Gasteiger charge is 2.23. The van der Waals surface area contributed by atoms with Crippen molar-refractivity contribution in [2.45, 2.75) is 38.1 Å². The predicted molar refractivity (Wildman–Crippen MR) is 105 cm³/mol. The number of hydrogen-bond acceptors (Lipinski definition) is 4. The molecule has 3 rings (SSSR count). The van der Waals surface area contributed by atoms with Gasteiger partial charge in [-0.1, -0.05) is 25.0 Å². The van der Waals surface area contributed by atoms with Crippen molar-refractivity contribution >= 4 is 17.6 Å². The monoisotopic (exact) mass is 374 g/mol. The second kappa shape index (κ2) is 9.48. The first kappa shape index (κ1) is 19.3. The summed E-state index contributed by atoms with van der Waals surface area (Å²) in [5.74, 6) is 0.881. The molecule has 3 amide bonds. The van der Waals surface area contributed by atoms with Crippen LogP contribution in [0.15, 0.2) is 24.3 Å². The molecule has 2 fully saturated rings. The molecule has 1 saturated carbocycles. The molecule has 0 radical (unpaired) electrons. The van der Waals surface area contributed by atoms with Gasteiger partial charge in [0, 0.05) is 45.2 Å². The van der Waals surface area contributed by atoms with Crippen LogP contribution in [-0.4, -0.2) is 62.7 Å². The van der Waals surface area contributed by atoms with E-state index in [1.807, 2.05) is 24.3 Å². The Morgan fingerprint density at radius 3 is 2.52 bits per heavy atom. The molecule has 0 bridgehead atoms. The average molecular weight is 374 g/mol. The van der Waals surface area contributed by atoms with Crippen LogP contribution in [0.25, 0.3) is 0 Å². The smallest absolute Gasteiger partial charge is 0.317 e. The van der Waals surface area contributed by atoms with E-state index in [9.17, 15) is 9.59 Å². The van der Waals surface area contributed by atoms with E-state index >= 15 is 0 Å². The highest BCUT2D eigenvalue weighted by molar-refractivity contribution is 5.78. The second-order valence-corrected chi connectivity index (χ2v) is 7.18. The Balaban J connectivity index is 1.37. The van der Waals surface area contributed by atoms with Crippen LogP contribution in [0.3, 0.4) is 0 Å². The fourth-order valence-electron chi connectivity index (χ4n) is 3.81. The molecule has 1 aliphatic carbocycles. The van der Waals surface area contributed by atoms with E-state index in [-0.39, 0.29) is 11.9 Å². The Labute approximate surface area is 161 Å². The lowest BCUT2D eigenvalue weighted by Gasteiger charge is -2.36. The van der Waals surface area contributed by atoms with E-state index in [1.165, 1.54) is 12.8 Å². The molecular formula is C20H30N4O3. The van der Waals surface area contributed by atoms with Gasteiger partial charge >= 0.3 is 6.03 Å². The number of anilines is 1. The summed E-state index contributed by atoms with van der Waals surface area (Å²) in [6, 6.07) is 8.17. The van der Waals surface area contributed by atoms with E-state index in [2.05, 4.69) is 15.5 Å². The summed E-state index contributed by atoms with van der Waals surface area (Å²) in [6.07, 6.45) is 4.89. The van der Waals surface area contributed by atoms with Gasteiger partial charge in [-0.2, -0.15) is 0 Å². The van der Waals surface area contributed by atoms with Crippen molar-refractivity contribution in [3.63, 3.8) is 0 Å². The van der Waals surface area contributed by atoms with E-state index in [0.29, 0.717) is 32.1 Å². The van der Waals surface area contributed by atoms with Gasteiger partial charge in [0.25, 0.3) is 0 Å². The Morgan fingerprint density at radius 1 is 1.11 bits per heavy atom. The fraction of sp³-hybridized carbons (Fsp3) is 0.600.